The minimum atomic E-state index is -0.149. The zero-order valence-electron chi connectivity index (χ0n) is 13.8. The second-order valence-electron chi connectivity index (χ2n) is 6.05. The number of nitrogens with zero attached hydrogens (tertiary/aromatic N) is 3. The van der Waals surface area contributed by atoms with Crippen molar-refractivity contribution in [1.29, 1.82) is 5.26 Å². The van der Waals surface area contributed by atoms with Gasteiger partial charge in [0.25, 0.3) is 0 Å². The van der Waals surface area contributed by atoms with Crippen molar-refractivity contribution in [3.63, 3.8) is 0 Å². The van der Waals surface area contributed by atoms with Crippen LogP contribution < -0.4 is 5.32 Å². The third kappa shape index (κ3) is 3.31. The van der Waals surface area contributed by atoms with Crippen LogP contribution in [-0.2, 0) is 23.0 Å². The topological polar surface area (TPSA) is 79.9 Å². The number of hydrogen-bond acceptors (Lipinski definition) is 4. The molecule has 1 aromatic heterocycles. The normalized spacial score (nSPS) is 19.9. The molecule has 0 saturated carbocycles. The maximum absolute atomic E-state index is 12.3. The van der Waals surface area contributed by atoms with Gasteiger partial charge in [0.2, 0.25) is 5.91 Å². The van der Waals surface area contributed by atoms with Crippen molar-refractivity contribution >= 4 is 5.91 Å². The van der Waals surface area contributed by atoms with Crippen molar-refractivity contribution in [1.82, 2.24) is 15.1 Å². The highest BCUT2D eigenvalue weighted by Crippen LogP contribution is 2.30. The quantitative estimate of drug-likeness (QED) is 0.930. The fourth-order valence-corrected chi connectivity index (χ4v) is 2.98. The number of nitriles is 1. The number of rotatable bonds is 4. The summed E-state index contributed by atoms with van der Waals surface area (Å²) >= 11 is 0. The molecule has 2 heterocycles. The summed E-state index contributed by atoms with van der Waals surface area (Å²) in [4.78, 5) is 12.3. The van der Waals surface area contributed by atoms with Crippen molar-refractivity contribution in [3.8, 4) is 6.07 Å². The average Bonchev–Trinajstić information content (AvgIpc) is 3.15. The van der Waals surface area contributed by atoms with Crippen molar-refractivity contribution < 1.29 is 9.53 Å². The molecule has 1 aliphatic rings. The number of aryl methyl sites for hydroxylation is 1. The van der Waals surface area contributed by atoms with Gasteiger partial charge in [0.1, 0.15) is 6.10 Å². The van der Waals surface area contributed by atoms with Gasteiger partial charge in [-0.15, -0.1) is 0 Å². The van der Waals surface area contributed by atoms with E-state index in [9.17, 15) is 4.79 Å². The summed E-state index contributed by atoms with van der Waals surface area (Å²) in [5.74, 6) is -0.0400. The Bertz CT molecular complexity index is 773. The standard InChI is InChI=1S/C18H20N4O2/c1-12-15(11-20-22(12)2)18-16(7-8-24-18)21-17(23)9-13-3-5-14(10-19)6-4-13/h3-6,11,16,18H,7-9H2,1-2H3,(H,21,23)/t16-,18+/m0/s1. The highest BCUT2D eigenvalue weighted by molar-refractivity contribution is 5.79. The van der Waals surface area contributed by atoms with Crippen LogP contribution in [0.5, 0.6) is 0 Å². The third-order valence-electron chi connectivity index (χ3n) is 4.47. The van der Waals surface area contributed by atoms with Gasteiger partial charge in [0, 0.05) is 24.9 Å². The molecule has 2 atom stereocenters. The Labute approximate surface area is 141 Å². The number of hydrogen-bond donors (Lipinski definition) is 1. The third-order valence-corrected chi connectivity index (χ3v) is 4.47. The average molecular weight is 324 g/mol. The molecule has 1 aliphatic heterocycles. The molecule has 1 fully saturated rings. The number of carbonyl (C=O) groups excluding carboxylic acids is 1. The molecular weight excluding hydrogens is 304 g/mol. The Morgan fingerprint density at radius 2 is 2.21 bits per heavy atom. The summed E-state index contributed by atoms with van der Waals surface area (Å²) in [7, 11) is 1.90. The van der Waals surface area contributed by atoms with E-state index in [1.54, 1.807) is 12.1 Å². The van der Waals surface area contributed by atoms with Crippen LogP contribution in [0.15, 0.2) is 30.5 Å². The van der Waals surface area contributed by atoms with E-state index in [4.69, 9.17) is 10.00 Å². The van der Waals surface area contributed by atoms with Gasteiger partial charge in [-0.05, 0) is 31.0 Å². The van der Waals surface area contributed by atoms with E-state index in [0.29, 0.717) is 18.6 Å². The number of aromatic nitrogens is 2. The molecule has 0 spiro atoms. The lowest BCUT2D eigenvalue weighted by molar-refractivity contribution is -0.121. The first-order valence-electron chi connectivity index (χ1n) is 7.97. The highest BCUT2D eigenvalue weighted by atomic mass is 16.5. The lowest BCUT2D eigenvalue weighted by atomic mass is 10.0. The summed E-state index contributed by atoms with van der Waals surface area (Å²) in [5.41, 5.74) is 3.56. The fourth-order valence-electron chi connectivity index (χ4n) is 2.98. The van der Waals surface area contributed by atoms with Gasteiger partial charge in [0.15, 0.2) is 0 Å². The molecule has 24 heavy (non-hydrogen) atoms. The van der Waals surface area contributed by atoms with Crippen LogP contribution in [0.4, 0.5) is 0 Å². The fraction of sp³-hybridized carbons (Fsp3) is 0.389. The largest absolute Gasteiger partial charge is 0.371 e. The van der Waals surface area contributed by atoms with Crippen LogP contribution in [0.1, 0.15) is 34.9 Å². The summed E-state index contributed by atoms with van der Waals surface area (Å²) in [6, 6.07) is 9.10. The predicted octanol–water partition coefficient (Wildman–Crippen LogP) is 1.79. The van der Waals surface area contributed by atoms with Crippen LogP contribution in [0.3, 0.4) is 0 Å². The van der Waals surface area contributed by atoms with E-state index in [2.05, 4.69) is 16.5 Å². The Balaban J connectivity index is 1.64. The molecule has 0 bridgehead atoms. The Morgan fingerprint density at radius 1 is 1.46 bits per heavy atom. The zero-order valence-corrected chi connectivity index (χ0v) is 13.8. The van der Waals surface area contributed by atoms with Crippen LogP contribution in [0.2, 0.25) is 0 Å². The molecule has 6 heteroatoms. The van der Waals surface area contributed by atoms with E-state index in [1.807, 2.05) is 37.0 Å². The molecule has 1 saturated heterocycles. The monoisotopic (exact) mass is 324 g/mol. The molecule has 1 N–H and O–H groups in total. The van der Waals surface area contributed by atoms with Gasteiger partial charge in [-0.1, -0.05) is 12.1 Å². The van der Waals surface area contributed by atoms with Crippen LogP contribution in [-0.4, -0.2) is 28.3 Å². The number of amides is 1. The van der Waals surface area contributed by atoms with E-state index >= 15 is 0 Å². The van der Waals surface area contributed by atoms with Crippen LogP contribution in [0.25, 0.3) is 0 Å². The molecule has 0 unspecified atom stereocenters. The van der Waals surface area contributed by atoms with Gasteiger partial charge < -0.3 is 10.1 Å². The van der Waals surface area contributed by atoms with Crippen LogP contribution in [0, 0.1) is 18.3 Å². The van der Waals surface area contributed by atoms with E-state index in [1.165, 1.54) is 0 Å². The first-order valence-corrected chi connectivity index (χ1v) is 7.97. The van der Waals surface area contributed by atoms with E-state index in [-0.39, 0.29) is 18.1 Å². The van der Waals surface area contributed by atoms with Gasteiger partial charge in [-0.3, -0.25) is 9.48 Å². The molecule has 0 radical (unpaired) electrons. The van der Waals surface area contributed by atoms with Crippen molar-refractivity contribution in [2.24, 2.45) is 7.05 Å². The van der Waals surface area contributed by atoms with E-state index in [0.717, 1.165) is 23.2 Å². The molecule has 6 nitrogen and oxygen atoms in total. The van der Waals surface area contributed by atoms with Crippen LogP contribution >= 0.6 is 0 Å². The smallest absolute Gasteiger partial charge is 0.224 e. The van der Waals surface area contributed by atoms with Gasteiger partial charge in [-0.2, -0.15) is 10.4 Å². The molecule has 3 rings (SSSR count). The number of nitrogens with one attached hydrogen (secondary N) is 1. The number of benzene rings is 1. The SMILES string of the molecule is Cc1c([C@H]2OCC[C@@H]2NC(=O)Cc2ccc(C#N)cc2)cnn1C. The Hall–Kier alpha value is -2.65. The lowest BCUT2D eigenvalue weighted by Crippen LogP contribution is -2.37. The second-order valence-corrected chi connectivity index (χ2v) is 6.05. The molecule has 1 aromatic carbocycles. The van der Waals surface area contributed by atoms with E-state index < -0.39 is 0 Å². The van der Waals surface area contributed by atoms with Gasteiger partial charge in [0.05, 0.1) is 30.3 Å². The predicted molar refractivity (Wildman–Crippen MR) is 88.0 cm³/mol. The summed E-state index contributed by atoms with van der Waals surface area (Å²) in [6.45, 7) is 2.63. The molecule has 0 aliphatic carbocycles. The highest BCUT2D eigenvalue weighted by Gasteiger charge is 2.33. The zero-order chi connectivity index (χ0) is 17.1. The molecule has 124 valence electrons. The number of ether oxygens (including phenoxy) is 1. The Morgan fingerprint density at radius 3 is 2.83 bits per heavy atom. The molecular formula is C18H20N4O2. The second kappa shape index (κ2) is 6.85. The van der Waals surface area contributed by atoms with Crippen molar-refractivity contribution in [2.75, 3.05) is 6.61 Å². The summed E-state index contributed by atoms with van der Waals surface area (Å²) < 4.78 is 7.64. The minimum Gasteiger partial charge on any atom is -0.371 e. The molecule has 1 amide bonds. The van der Waals surface area contributed by atoms with Crippen molar-refractivity contribution in [3.05, 3.63) is 52.8 Å². The van der Waals surface area contributed by atoms with Gasteiger partial charge >= 0.3 is 0 Å². The summed E-state index contributed by atoms with van der Waals surface area (Å²) in [5, 5.41) is 16.1. The first-order chi connectivity index (χ1) is 11.6. The minimum absolute atomic E-state index is 0.0400. The summed E-state index contributed by atoms with van der Waals surface area (Å²) in [6.07, 6.45) is 2.74. The maximum atomic E-state index is 12.3. The lowest BCUT2D eigenvalue weighted by Gasteiger charge is -2.20. The maximum Gasteiger partial charge on any atom is 0.224 e. The van der Waals surface area contributed by atoms with Crippen molar-refractivity contribution in [2.45, 2.75) is 31.9 Å². The Kier molecular flexibility index (Phi) is 4.63. The van der Waals surface area contributed by atoms with Gasteiger partial charge in [-0.25, -0.2) is 0 Å². The number of carbonyl (C=O) groups is 1. The first kappa shape index (κ1) is 16.2. The molecule has 2 aromatic rings.